The van der Waals surface area contributed by atoms with E-state index in [9.17, 15) is 9.59 Å². The zero-order valence-electron chi connectivity index (χ0n) is 13.9. The second-order valence-corrected chi connectivity index (χ2v) is 5.63. The van der Waals surface area contributed by atoms with Crippen LogP contribution in [0, 0.1) is 13.8 Å². The minimum atomic E-state index is -0.408. The Morgan fingerprint density at radius 2 is 1.91 bits per heavy atom. The lowest BCUT2D eigenvalue weighted by Crippen LogP contribution is -2.49. The first-order valence-corrected chi connectivity index (χ1v) is 7.88. The van der Waals surface area contributed by atoms with Gasteiger partial charge in [-0.25, -0.2) is 10.2 Å². The van der Waals surface area contributed by atoms with E-state index in [1.807, 2.05) is 6.92 Å². The molecule has 1 unspecified atom stereocenters. The Labute approximate surface area is 132 Å². The number of aryl methyl sites for hydroxylation is 2. The molecule has 0 aliphatic carbocycles. The molecule has 1 rings (SSSR count). The minimum Gasteiger partial charge on any atom is -0.466 e. The second kappa shape index (κ2) is 9.12. The first-order chi connectivity index (χ1) is 10.4. The largest absolute Gasteiger partial charge is 0.466 e. The Bertz CT molecular complexity index is 497. The van der Waals surface area contributed by atoms with E-state index in [4.69, 9.17) is 4.42 Å². The maximum absolute atomic E-state index is 11.9. The van der Waals surface area contributed by atoms with Gasteiger partial charge in [-0.15, -0.1) is 0 Å². The zero-order chi connectivity index (χ0) is 16.5. The molecule has 0 fully saturated rings. The van der Waals surface area contributed by atoms with Crippen molar-refractivity contribution in [2.24, 2.45) is 0 Å². The van der Waals surface area contributed by atoms with Gasteiger partial charge in [0.25, 0.3) is 5.91 Å². The van der Waals surface area contributed by atoms with Crippen molar-refractivity contribution in [3.05, 3.63) is 23.2 Å². The molecule has 1 atom stereocenters. The van der Waals surface area contributed by atoms with Gasteiger partial charge in [0.2, 0.25) is 0 Å². The first kappa shape index (κ1) is 18.1. The van der Waals surface area contributed by atoms with Crippen LogP contribution >= 0.6 is 0 Å². The number of unbranched alkanes of at least 4 members (excludes halogenated alkanes) is 3. The van der Waals surface area contributed by atoms with Crippen LogP contribution in [0.3, 0.4) is 0 Å². The Hall–Kier alpha value is -1.98. The highest BCUT2D eigenvalue weighted by molar-refractivity contribution is 5.96. The van der Waals surface area contributed by atoms with E-state index in [0.717, 1.165) is 12.8 Å². The van der Waals surface area contributed by atoms with Crippen molar-refractivity contribution < 1.29 is 14.0 Å². The highest BCUT2D eigenvalue weighted by Gasteiger charge is 2.14. The molecular formula is C16H27N3O3. The molecule has 0 aliphatic heterocycles. The predicted molar refractivity (Wildman–Crippen MR) is 85.5 cm³/mol. The van der Waals surface area contributed by atoms with Crippen molar-refractivity contribution in [1.29, 1.82) is 0 Å². The molecule has 1 aromatic rings. The van der Waals surface area contributed by atoms with Crippen molar-refractivity contribution in [3.8, 4) is 0 Å². The fraction of sp³-hybridized carbons (Fsp3) is 0.625. The summed E-state index contributed by atoms with van der Waals surface area (Å²) in [7, 11) is 0. The van der Waals surface area contributed by atoms with Gasteiger partial charge in [-0.2, -0.15) is 0 Å². The standard InChI is InChI=1S/C16H27N3O3/c1-5-6-7-8-9-11(2)17-16(21)19-18-15(20)14-10-12(3)22-13(14)4/h10-11H,5-9H2,1-4H3,(H,18,20)(H2,17,19,21). The normalized spacial score (nSPS) is 11.8. The molecule has 3 N–H and O–H groups in total. The molecule has 0 aromatic carbocycles. The van der Waals surface area contributed by atoms with Gasteiger partial charge < -0.3 is 9.73 Å². The van der Waals surface area contributed by atoms with Gasteiger partial charge in [0.1, 0.15) is 11.5 Å². The van der Waals surface area contributed by atoms with Crippen LogP contribution in [0.4, 0.5) is 4.79 Å². The Morgan fingerprint density at radius 1 is 1.18 bits per heavy atom. The molecule has 0 aliphatic rings. The van der Waals surface area contributed by atoms with E-state index < -0.39 is 6.03 Å². The summed E-state index contributed by atoms with van der Waals surface area (Å²) in [4.78, 5) is 23.6. The number of hydrogen-bond acceptors (Lipinski definition) is 3. The number of carbonyl (C=O) groups is 2. The molecule has 0 radical (unpaired) electrons. The monoisotopic (exact) mass is 309 g/mol. The summed E-state index contributed by atoms with van der Waals surface area (Å²) in [6.07, 6.45) is 5.62. The minimum absolute atomic E-state index is 0.0756. The van der Waals surface area contributed by atoms with Crippen LogP contribution in [-0.2, 0) is 0 Å². The van der Waals surface area contributed by atoms with Gasteiger partial charge in [0, 0.05) is 6.04 Å². The quantitative estimate of drug-likeness (QED) is 0.534. The van der Waals surface area contributed by atoms with Crippen LogP contribution in [0.25, 0.3) is 0 Å². The Kier molecular flexibility index (Phi) is 7.49. The predicted octanol–water partition coefficient (Wildman–Crippen LogP) is 3.20. The molecule has 6 heteroatoms. The lowest BCUT2D eigenvalue weighted by molar-refractivity contribution is 0.0934. The third-order valence-corrected chi connectivity index (χ3v) is 3.44. The average Bonchev–Trinajstić information content (AvgIpc) is 2.80. The summed E-state index contributed by atoms with van der Waals surface area (Å²) in [5, 5.41) is 2.80. The Morgan fingerprint density at radius 3 is 2.50 bits per heavy atom. The maximum Gasteiger partial charge on any atom is 0.333 e. The molecule has 124 valence electrons. The molecule has 1 heterocycles. The lowest BCUT2D eigenvalue weighted by atomic mass is 10.1. The van der Waals surface area contributed by atoms with Crippen molar-refractivity contribution in [3.63, 3.8) is 0 Å². The topological polar surface area (TPSA) is 83.4 Å². The summed E-state index contributed by atoms with van der Waals surface area (Å²) >= 11 is 0. The van der Waals surface area contributed by atoms with Gasteiger partial charge in [-0.3, -0.25) is 10.2 Å². The molecular weight excluding hydrogens is 282 g/mol. The third kappa shape index (κ3) is 6.20. The number of nitrogens with one attached hydrogen (secondary N) is 3. The number of hydrazine groups is 1. The lowest BCUT2D eigenvalue weighted by Gasteiger charge is -2.14. The summed E-state index contributed by atoms with van der Waals surface area (Å²) in [5.74, 6) is 0.800. The number of amides is 3. The Balaban J connectivity index is 2.27. The molecule has 1 aromatic heterocycles. The van der Waals surface area contributed by atoms with Crippen LogP contribution in [0.2, 0.25) is 0 Å². The van der Waals surface area contributed by atoms with Crippen molar-refractivity contribution >= 4 is 11.9 Å². The van der Waals surface area contributed by atoms with Crippen molar-refractivity contribution in [2.75, 3.05) is 0 Å². The molecule has 3 amide bonds. The fourth-order valence-electron chi connectivity index (χ4n) is 2.25. The molecule has 0 saturated heterocycles. The van der Waals surface area contributed by atoms with E-state index in [-0.39, 0.29) is 11.9 Å². The molecule has 0 saturated carbocycles. The molecule has 22 heavy (non-hydrogen) atoms. The highest BCUT2D eigenvalue weighted by atomic mass is 16.3. The van der Waals surface area contributed by atoms with Gasteiger partial charge in [0.15, 0.2) is 0 Å². The zero-order valence-corrected chi connectivity index (χ0v) is 13.9. The third-order valence-electron chi connectivity index (χ3n) is 3.44. The molecule has 0 spiro atoms. The van der Waals surface area contributed by atoms with Crippen LogP contribution < -0.4 is 16.2 Å². The SMILES string of the molecule is CCCCCCC(C)NC(=O)NNC(=O)c1cc(C)oc1C. The summed E-state index contributed by atoms with van der Waals surface area (Å²) < 4.78 is 5.28. The second-order valence-electron chi connectivity index (χ2n) is 5.63. The molecule has 0 bridgehead atoms. The number of carbonyl (C=O) groups excluding carboxylic acids is 2. The summed E-state index contributed by atoms with van der Waals surface area (Å²) in [6.45, 7) is 7.60. The van der Waals surface area contributed by atoms with Gasteiger partial charge in [-0.1, -0.05) is 32.6 Å². The van der Waals surface area contributed by atoms with E-state index in [0.29, 0.717) is 17.1 Å². The van der Waals surface area contributed by atoms with E-state index >= 15 is 0 Å². The van der Waals surface area contributed by atoms with Crippen molar-refractivity contribution in [1.82, 2.24) is 16.2 Å². The number of furan rings is 1. The highest BCUT2D eigenvalue weighted by Crippen LogP contribution is 2.12. The maximum atomic E-state index is 11.9. The fourth-order valence-corrected chi connectivity index (χ4v) is 2.25. The van der Waals surface area contributed by atoms with Gasteiger partial charge >= 0.3 is 6.03 Å². The van der Waals surface area contributed by atoms with Crippen LogP contribution in [0.1, 0.15) is 67.8 Å². The van der Waals surface area contributed by atoms with Crippen molar-refractivity contribution in [2.45, 2.75) is 65.8 Å². The summed E-state index contributed by atoms with van der Waals surface area (Å²) in [6, 6.07) is 1.31. The van der Waals surface area contributed by atoms with Gasteiger partial charge in [-0.05, 0) is 33.3 Å². The van der Waals surface area contributed by atoms with Crippen LogP contribution in [0.5, 0.6) is 0 Å². The summed E-state index contributed by atoms with van der Waals surface area (Å²) in [5.41, 5.74) is 5.15. The van der Waals surface area contributed by atoms with Gasteiger partial charge in [0.05, 0.1) is 5.56 Å². The van der Waals surface area contributed by atoms with E-state index in [1.165, 1.54) is 19.3 Å². The average molecular weight is 309 g/mol. The number of hydrogen-bond donors (Lipinski definition) is 3. The number of rotatable bonds is 7. The van der Waals surface area contributed by atoms with E-state index in [1.54, 1.807) is 19.9 Å². The first-order valence-electron chi connectivity index (χ1n) is 7.88. The van der Waals surface area contributed by atoms with Crippen LogP contribution in [0.15, 0.2) is 10.5 Å². The molecule has 6 nitrogen and oxygen atoms in total. The van der Waals surface area contributed by atoms with E-state index in [2.05, 4.69) is 23.1 Å². The smallest absolute Gasteiger partial charge is 0.333 e. The van der Waals surface area contributed by atoms with Crippen LogP contribution in [-0.4, -0.2) is 18.0 Å². The number of urea groups is 1.